The van der Waals surface area contributed by atoms with Gasteiger partial charge in [-0.25, -0.2) is 0 Å². The van der Waals surface area contributed by atoms with Gasteiger partial charge >= 0.3 is 0 Å². The Morgan fingerprint density at radius 3 is 2.48 bits per heavy atom. The molecule has 1 fully saturated rings. The molecule has 1 amide bonds. The summed E-state index contributed by atoms with van der Waals surface area (Å²) in [6, 6.07) is 20.8. The van der Waals surface area contributed by atoms with Crippen molar-refractivity contribution >= 4 is 39.3 Å². The Labute approximate surface area is 242 Å². The molecule has 5 rings (SSSR count). The zero-order valence-corrected chi connectivity index (χ0v) is 25.1. The summed E-state index contributed by atoms with van der Waals surface area (Å²) in [6.07, 6.45) is 1.99. The molecule has 0 unspecified atom stereocenters. The van der Waals surface area contributed by atoms with Crippen LogP contribution in [0.2, 0.25) is 5.02 Å². The third kappa shape index (κ3) is 6.46. The first-order chi connectivity index (χ1) is 19.1. The summed E-state index contributed by atoms with van der Waals surface area (Å²) in [6.45, 7) is 8.64. The van der Waals surface area contributed by atoms with Gasteiger partial charge in [0.15, 0.2) is 0 Å². The summed E-state index contributed by atoms with van der Waals surface area (Å²) >= 11 is 6.55. The Kier molecular flexibility index (Phi) is 8.41. The van der Waals surface area contributed by atoms with Gasteiger partial charge in [-0.15, -0.1) is 0 Å². The number of carbonyl (C=O) groups is 1. The van der Waals surface area contributed by atoms with E-state index in [4.69, 9.17) is 16.3 Å². The lowest BCUT2D eigenvalue weighted by atomic mass is 9.93. The van der Waals surface area contributed by atoms with E-state index in [9.17, 15) is 4.79 Å². The van der Waals surface area contributed by atoms with E-state index < -0.39 is 0 Å². The van der Waals surface area contributed by atoms with Gasteiger partial charge in [-0.1, -0.05) is 49.7 Å². The molecule has 0 spiro atoms. The number of nitrogens with zero attached hydrogens (tertiary/aromatic N) is 3. The molecule has 4 aromatic rings. The third-order valence-corrected chi connectivity index (χ3v) is 8.17. The van der Waals surface area contributed by atoms with Crippen molar-refractivity contribution in [1.29, 1.82) is 0 Å². The molecular weight excluding hydrogens is 520 g/mol. The fraction of sp³-hybridized carbons (Fsp3) is 0.424. The van der Waals surface area contributed by atoms with Crippen LogP contribution in [-0.4, -0.2) is 66.7 Å². The van der Waals surface area contributed by atoms with Crippen molar-refractivity contribution in [1.82, 2.24) is 19.7 Å². The molecule has 3 aromatic carbocycles. The molecule has 1 aromatic heterocycles. The van der Waals surface area contributed by atoms with Crippen LogP contribution in [0, 0.1) is 5.41 Å². The number of nitrogens with one attached hydrogen (secondary N) is 1. The number of piperidine rings is 1. The number of likely N-dealkylation sites (tertiary alicyclic amines) is 1. The van der Waals surface area contributed by atoms with Gasteiger partial charge in [0.25, 0.3) is 5.91 Å². The molecular formula is C33H41ClN4O2. The lowest BCUT2D eigenvalue weighted by Crippen LogP contribution is -2.40. The molecule has 40 heavy (non-hydrogen) atoms. The minimum Gasteiger partial charge on any atom is -0.489 e. The predicted molar refractivity (Wildman–Crippen MR) is 165 cm³/mol. The largest absolute Gasteiger partial charge is 0.489 e. The fourth-order valence-corrected chi connectivity index (χ4v) is 6.23. The van der Waals surface area contributed by atoms with Crippen LogP contribution < -0.4 is 10.1 Å². The number of aromatic nitrogens is 1. The number of fused-ring (bicyclic) bond motifs is 3. The minimum atomic E-state index is -0.115. The van der Waals surface area contributed by atoms with Crippen LogP contribution in [0.4, 0.5) is 0 Å². The zero-order chi connectivity index (χ0) is 28.4. The summed E-state index contributed by atoms with van der Waals surface area (Å²) in [7, 11) is 6.22. The Bertz CT molecular complexity index is 1500. The van der Waals surface area contributed by atoms with Crippen molar-refractivity contribution in [3.8, 4) is 5.75 Å². The van der Waals surface area contributed by atoms with Gasteiger partial charge in [-0.3, -0.25) is 9.69 Å². The van der Waals surface area contributed by atoms with Crippen LogP contribution in [0.15, 0.2) is 60.7 Å². The van der Waals surface area contributed by atoms with E-state index in [-0.39, 0.29) is 17.4 Å². The molecule has 1 saturated heterocycles. The van der Waals surface area contributed by atoms with Gasteiger partial charge < -0.3 is 19.5 Å². The number of carbonyl (C=O) groups excluding carboxylic acids is 1. The second kappa shape index (κ2) is 11.8. The molecule has 0 atom stereocenters. The van der Waals surface area contributed by atoms with Crippen molar-refractivity contribution in [3.63, 3.8) is 0 Å². The average Bonchev–Trinajstić information content (AvgIpc) is 3.20. The van der Waals surface area contributed by atoms with Gasteiger partial charge in [0, 0.05) is 67.1 Å². The van der Waals surface area contributed by atoms with Gasteiger partial charge in [0.1, 0.15) is 11.9 Å². The molecule has 0 radical (unpaired) electrons. The van der Waals surface area contributed by atoms with Crippen LogP contribution in [0.5, 0.6) is 5.75 Å². The van der Waals surface area contributed by atoms with Crippen LogP contribution >= 0.6 is 11.6 Å². The molecule has 0 aliphatic carbocycles. The second-order valence-corrected chi connectivity index (χ2v) is 12.7. The summed E-state index contributed by atoms with van der Waals surface area (Å²) in [5, 5.41) is 6.15. The smallest absolute Gasteiger partial charge is 0.251 e. The van der Waals surface area contributed by atoms with E-state index in [1.807, 2.05) is 20.2 Å². The Balaban J connectivity index is 1.14. The van der Waals surface area contributed by atoms with Crippen molar-refractivity contribution in [2.45, 2.75) is 39.3 Å². The third-order valence-electron chi connectivity index (χ3n) is 7.88. The van der Waals surface area contributed by atoms with Crippen molar-refractivity contribution in [2.24, 2.45) is 12.5 Å². The highest BCUT2D eigenvalue weighted by Crippen LogP contribution is 2.31. The maximum atomic E-state index is 12.7. The molecule has 7 heteroatoms. The van der Waals surface area contributed by atoms with E-state index in [0.717, 1.165) is 39.0 Å². The van der Waals surface area contributed by atoms with Gasteiger partial charge in [0.05, 0.1) is 5.02 Å². The molecule has 0 bridgehead atoms. The lowest BCUT2D eigenvalue weighted by molar-refractivity contribution is 0.0928. The Morgan fingerprint density at radius 1 is 1.02 bits per heavy atom. The second-order valence-electron chi connectivity index (χ2n) is 12.3. The number of amides is 1. The van der Waals surface area contributed by atoms with E-state index in [2.05, 4.69) is 83.0 Å². The van der Waals surface area contributed by atoms with E-state index >= 15 is 0 Å². The summed E-state index contributed by atoms with van der Waals surface area (Å²) in [4.78, 5) is 17.4. The maximum Gasteiger partial charge on any atom is 0.251 e. The Morgan fingerprint density at radius 2 is 1.75 bits per heavy atom. The van der Waals surface area contributed by atoms with Gasteiger partial charge in [-0.2, -0.15) is 0 Å². The highest BCUT2D eigenvalue weighted by Gasteiger charge is 2.23. The summed E-state index contributed by atoms with van der Waals surface area (Å²) in [5.41, 5.74) is 4.40. The lowest BCUT2D eigenvalue weighted by Gasteiger charge is -2.32. The summed E-state index contributed by atoms with van der Waals surface area (Å²) < 4.78 is 8.56. The van der Waals surface area contributed by atoms with Gasteiger partial charge in [-0.05, 0) is 74.3 Å². The number of hydrogen-bond donors (Lipinski definition) is 1. The SMILES string of the molecule is CN(C)CC(C)(C)CNC(=O)c1ccc(OC2CCN(Cc3ccc4c(c3)c3ccccc3n4C)CC2)c(Cl)c1. The van der Waals surface area contributed by atoms with Crippen LogP contribution in [-0.2, 0) is 13.6 Å². The monoisotopic (exact) mass is 560 g/mol. The normalized spacial score (nSPS) is 15.3. The quantitative estimate of drug-likeness (QED) is 0.259. The van der Waals surface area contributed by atoms with Gasteiger partial charge in [0.2, 0.25) is 0 Å². The number of rotatable bonds is 9. The molecule has 2 heterocycles. The first-order valence-electron chi connectivity index (χ1n) is 14.2. The van der Waals surface area contributed by atoms with E-state index in [0.29, 0.717) is 22.9 Å². The Hall–Kier alpha value is -3.06. The fourth-order valence-electron chi connectivity index (χ4n) is 6.01. The number of aryl methyl sites for hydroxylation is 1. The number of hydrogen-bond acceptors (Lipinski definition) is 4. The maximum absolute atomic E-state index is 12.7. The molecule has 1 aliphatic rings. The van der Waals surface area contributed by atoms with E-state index in [1.165, 1.54) is 27.4 Å². The van der Waals surface area contributed by atoms with Crippen LogP contribution in [0.3, 0.4) is 0 Å². The first-order valence-corrected chi connectivity index (χ1v) is 14.5. The molecule has 212 valence electrons. The number of halogens is 1. The van der Waals surface area contributed by atoms with Crippen LogP contribution in [0.25, 0.3) is 21.8 Å². The number of benzene rings is 3. The summed E-state index contributed by atoms with van der Waals surface area (Å²) in [5.74, 6) is 0.529. The van der Waals surface area contributed by atoms with Crippen LogP contribution in [0.1, 0.15) is 42.6 Å². The molecule has 0 saturated carbocycles. The van der Waals surface area contributed by atoms with E-state index in [1.54, 1.807) is 12.1 Å². The first kappa shape index (κ1) is 28.5. The molecule has 6 nitrogen and oxygen atoms in total. The highest BCUT2D eigenvalue weighted by atomic mass is 35.5. The average molecular weight is 561 g/mol. The zero-order valence-electron chi connectivity index (χ0n) is 24.3. The topological polar surface area (TPSA) is 49.7 Å². The van der Waals surface area contributed by atoms with Crippen molar-refractivity contribution < 1.29 is 9.53 Å². The number of para-hydroxylation sites is 1. The predicted octanol–water partition coefficient (Wildman–Crippen LogP) is 6.35. The minimum absolute atomic E-state index is 0.0243. The standard InChI is InChI=1S/C33H41ClN4O2/c1-33(2,22-36(3)4)21-35-32(39)24-11-13-31(28(34)19-24)40-25-14-16-38(17-15-25)20-23-10-12-30-27(18-23)26-8-6-7-9-29(26)37(30)5/h6-13,18-19,25H,14-17,20-22H2,1-5H3,(H,35,39). The van der Waals surface area contributed by atoms with Crippen molar-refractivity contribution in [2.75, 3.05) is 40.3 Å². The molecule has 1 aliphatic heterocycles. The molecule has 1 N–H and O–H groups in total. The highest BCUT2D eigenvalue weighted by molar-refractivity contribution is 6.32. The van der Waals surface area contributed by atoms with Crippen molar-refractivity contribution in [3.05, 3.63) is 76.8 Å². The number of ether oxygens (including phenoxy) is 1.